The molecule has 1 heterocycles. The summed E-state index contributed by atoms with van der Waals surface area (Å²) in [5.41, 5.74) is 7.51. The van der Waals surface area contributed by atoms with Crippen LogP contribution in [0.2, 0.25) is 0 Å². The van der Waals surface area contributed by atoms with E-state index in [4.69, 9.17) is 9.97 Å². The summed E-state index contributed by atoms with van der Waals surface area (Å²) in [6.07, 6.45) is 0. The van der Waals surface area contributed by atoms with Gasteiger partial charge in [-0.2, -0.15) is 0 Å². The zero-order valence-corrected chi connectivity index (χ0v) is 11.4. The molecule has 0 aliphatic rings. The van der Waals surface area contributed by atoms with Crippen molar-refractivity contribution in [2.24, 2.45) is 0 Å². The first-order valence-corrected chi connectivity index (χ1v) is 6.46. The molecule has 0 unspecified atom stereocenters. The van der Waals surface area contributed by atoms with Gasteiger partial charge < -0.3 is 0 Å². The molecule has 0 fully saturated rings. The first-order valence-electron chi connectivity index (χ1n) is 6.46. The van der Waals surface area contributed by atoms with Crippen molar-refractivity contribution in [3.63, 3.8) is 0 Å². The molecular weight excluding hydrogens is 232 g/mol. The zero-order chi connectivity index (χ0) is 13.4. The first-order chi connectivity index (χ1) is 9.15. The molecule has 94 valence electrons. The third-order valence-corrected chi connectivity index (χ3v) is 3.50. The van der Waals surface area contributed by atoms with Gasteiger partial charge in [-0.1, -0.05) is 30.3 Å². The van der Waals surface area contributed by atoms with Crippen LogP contribution in [-0.4, -0.2) is 9.97 Å². The van der Waals surface area contributed by atoms with E-state index in [-0.39, 0.29) is 0 Å². The van der Waals surface area contributed by atoms with Crippen LogP contribution in [0.4, 0.5) is 0 Å². The van der Waals surface area contributed by atoms with Crippen molar-refractivity contribution in [2.45, 2.75) is 20.8 Å². The number of nitrogens with zero attached hydrogens (tertiary/aromatic N) is 2. The topological polar surface area (TPSA) is 25.8 Å². The fourth-order valence-corrected chi connectivity index (χ4v) is 2.27. The van der Waals surface area contributed by atoms with Crippen LogP contribution in [-0.2, 0) is 0 Å². The van der Waals surface area contributed by atoms with E-state index in [1.807, 2.05) is 25.1 Å². The molecule has 0 saturated heterocycles. The largest absolute Gasteiger partial charge is 0.249 e. The van der Waals surface area contributed by atoms with Crippen molar-refractivity contribution < 1.29 is 0 Å². The van der Waals surface area contributed by atoms with Gasteiger partial charge in [-0.05, 0) is 44.0 Å². The Morgan fingerprint density at radius 2 is 1.32 bits per heavy atom. The highest BCUT2D eigenvalue weighted by molar-refractivity contribution is 5.79. The number of benzene rings is 2. The quantitative estimate of drug-likeness (QED) is 0.644. The van der Waals surface area contributed by atoms with Gasteiger partial charge in [0, 0.05) is 5.56 Å². The maximum absolute atomic E-state index is 4.78. The van der Waals surface area contributed by atoms with Gasteiger partial charge in [0.25, 0.3) is 0 Å². The number of aryl methyl sites for hydroxylation is 3. The lowest BCUT2D eigenvalue weighted by Crippen LogP contribution is -1.95. The summed E-state index contributed by atoms with van der Waals surface area (Å²) in [4.78, 5) is 9.48. The van der Waals surface area contributed by atoms with Crippen LogP contribution in [0, 0.1) is 20.8 Å². The number of hydrogen-bond donors (Lipinski definition) is 0. The van der Waals surface area contributed by atoms with E-state index in [9.17, 15) is 0 Å². The van der Waals surface area contributed by atoms with Crippen molar-refractivity contribution in [2.75, 3.05) is 0 Å². The van der Waals surface area contributed by atoms with E-state index in [0.29, 0.717) is 0 Å². The maximum atomic E-state index is 4.78. The van der Waals surface area contributed by atoms with Gasteiger partial charge in [0.2, 0.25) is 0 Å². The molecule has 3 rings (SSSR count). The van der Waals surface area contributed by atoms with E-state index in [0.717, 1.165) is 28.0 Å². The normalized spacial score (nSPS) is 10.9. The minimum atomic E-state index is 0.965. The average molecular weight is 248 g/mol. The van der Waals surface area contributed by atoms with Crippen molar-refractivity contribution in [1.29, 1.82) is 0 Å². The number of hydrogen-bond acceptors (Lipinski definition) is 2. The molecule has 1 aromatic heterocycles. The van der Waals surface area contributed by atoms with Gasteiger partial charge in [0.15, 0.2) is 0 Å². The van der Waals surface area contributed by atoms with Gasteiger partial charge in [0.05, 0.1) is 22.4 Å². The highest BCUT2D eigenvalue weighted by Crippen LogP contribution is 2.24. The van der Waals surface area contributed by atoms with E-state index in [2.05, 4.69) is 38.1 Å². The average Bonchev–Trinajstić information content (AvgIpc) is 2.41. The second-order valence-electron chi connectivity index (χ2n) is 4.95. The smallest absolute Gasteiger partial charge is 0.0922 e. The van der Waals surface area contributed by atoms with Crippen LogP contribution in [0.25, 0.3) is 22.3 Å². The third-order valence-electron chi connectivity index (χ3n) is 3.50. The molecule has 0 atom stereocenters. The minimum absolute atomic E-state index is 0.965. The summed E-state index contributed by atoms with van der Waals surface area (Å²) in [5.74, 6) is 0. The molecular formula is C17H16N2. The van der Waals surface area contributed by atoms with Gasteiger partial charge >= 0.3 is 0 Å². The molecule has 0 spiro atoms. The molecule has 0 amide bonds. The molecule has 2 aromatic carbocycles. The number of aromatic nitrogens is 2. The highest BCUT2D eigenvalue weighted by atomic mass is 14.8. The summed E-state index contributed by atoms with van der Waals surface area (Å²) in [6, 6.07) is 14.4. The van der Waals surface area contributed by atoms with E-state index in [1.165, 1.54) is 11.1 Å². The second-order valence-corrected chi connectivity index (χ2v) is 4.95. The van der Waals surface area contributed by atoms with Crippen LogP contribution in [0.5, 0.6) is 0 Å². The Morgan fingerprint density at radius 3 is 1.95 bits per heavy atom. The van der Waals surface area contributed by atoms with Gasteiger partial charge in [-0.15, -0.1) is 0 Å². The fourth-order valence-electron chi connectivity index (χ4n) is 2.27. The second kappa shape index (κ2) is 4.47. The van der Waals surface area contributed by atoms with Crippen LogP contribution < -0.4 is 0 Å². The zero-order valence-electron chi connectivity index (χ0n) is 11.4. The summed E-state index contributed by atoms with van der Waals surface area (Å²) < 4.78 is 0. The standard InChI is InChI=1S/C17H16N2/c1-11-9-15-16(10-12(11)2)19-17(13(3)18-15)14-7-5-4-6-8-14/h4-10H,1-3H3. The monoisotopic (exact) mass is 248 g/mol. The lowest BCUT2D eigenvalue weighted by Gasteiger charge is -2.08. The number of rotatable bonds is 1. The molecule has 2 heteroatoms. The Kier molecular flexibility index (Phi) is 2.79. The van der Waals surface area contributed by atoms with Gasteiger partial charge in [0.1, 0.15) is 0 Å². The summed E-state index contributed by atoms with van der Waals surface area (Å²) in [7, 11) is 0. The lowest BCUT2D eigenvalue weighted by molar-refractivity contribution is 1.18. The first kappa shape index (κ1) is 11.8. The van der Waals surface area contributed by atoms with E-state index >= 15 is 0 Å². The molecule has 0 bridgehead atoms. The molecule has 3 aromatic rings. The van der Waals surface area contributed by atoms with Crippen molar-refractivity contribution in [3.8, 4) is 11.3 Å². The Hall–Kier alpha value is -2.22. The van der Waals surface area contributed by atoms with Crippen LogP contribution in [0.15, 0.2) is 42.5 Å². The molecule has 2 nitrogen and oxygen atoms in total. The Bertz CT molecular complexity index is 746. The van der Waals surface area contributed by atoms with Crippen LogP contribution >= 0.6 is 0 Å². The predicted octanol–water partition coefficient (Wildman–Crippen LogP) is 4.22. The molecule has 0 saturated carbocycles. The van der Waals surface area contributed by atoms with Gasteiger partial charge in [-0.25, -0.2) is 9.97 Å². The fraction of sp³-hybridized carbons (Fsp3) is 0.176. The highest BCUT2D eigenvalue weighted by Gasteiger charge is 2.08. The van der Waals surface area contributed by atoms with Gasteiger partial charge in [-0.3, -0.25) is 0 Å². The van der Waals surface area contributed by atoms with Crippen LogP contribution in [0.3, 0.4) is 0 Å². The summed E-state index contributed by atoms with van der Waals surface area (Å²) >= 11 is 0. The van der Waals surface area contributed by atoms with Crippen molar-refractivity contribution in [1.82, 2.24) is 9.97 Å². The summed E-state index contributed by atoms with van der Waals surface area (Å²) in [5, 5.41) is 0. The number of fused-ring (bicyclic) bond motifs is 1. The lowest BCUT2D eigenvalue weighted by atomic mass is 10.1. The molecule has 0 N–H and O–H groups in total. The van der Waals surface area contributed by atoms with Crippen molar-refractivity contribution >= 4 is 11.0 Å². The third kappa shape index (κ3) is 2.10. The Morgan fingerprint density at radius 1 is 0.737 bits per heavy atom. The van der Waals surface area contributed by atoms with Crippen molar-refractivity contribution in [3.05, 3.63) is 59.3 Å². The minimum Gasteiger partial charge on any atom is -0.249 e. The van der Waals surface area contributed by atoms with Crippen LogP contribution in [0.1, 0.15) is 16.8 Å². The van der Waals surface area contributed by atoms with E-state index in [1.54, 1.807) is 0 Å². The van der Waals surface area contributed by atoms with E-state index < -0.39 is 0 Å². The molecule has 0 aliphatic heterocycles. The Labute approximate surface area is 113 Å². The molecule has 0 aliphatic carbocycles. The Balaban J connectivity index is 2.27. The molecule has 19 heavy (non-hydrogen) atoms. The molecule has 0 radical (unpaired) electrons. The maximum Gasteiger partial charge on any atom is 0.0922 e. The predicted molar refractivity (Wildman–Crippen MR) is 79.2 cm³/mol. The summed E-state index contributed by atoms with van der Waals surface area (Å²) in [6.45, 7) is 6.24. The SMILES string of the molecule is Cc1cc2nc(C)c(-c3ccccc3)nc2cc1C.